The lowest BCUT2D eigenvalue weighted by Crippen LogP contribution is -2.34. The van der Waals surface area contributed by atoms with Crippen molar-refractivity contribution in [2.45, 2.75) is 50.3 Å². The van der Waals surface area contributed by atoms with Crippen LogP contribution in [0.1, 0.15) is 39.0 Å². The maximum atomic E-state index is 7.86. The first-order chi connectivity index (χ1) is 6.81. The molecule has 1 saturated heterocycles. The average molecular weight is 212 g/mol. The Hall–Kier alpha value is -0.180. The molecule has 0 aromatic rings. The van der Waals surface area contributed by atoms with E-state index in [1.807, 2.05) is 0 Å². The van der Waals surface area contributed by atoms with E-state index >= 15 is 0 Å². The molecule has 14 heavy (non-hydrogen) atoms. The van der Waals surface area contributed by atoms with Crippen molar-refractivity contribution in [2.75, 3.05) is 12.3 Å². The van der Waals surface area contributed by atoms with Crippen LogP contribution in [0.3, 0.4) is 0 Å². The Balaban J connectivity index is 1.85. The van der Waals surface area contributed by atoms with Gasteiger partial charge in [0.05, 0.1) is 5.84 Å². The van der Waals surface area contributed by atoms with Gasteiger partial charge in [-0.1, -0.05) is 6.92 Å². The van der Waals surface area contributed by atoms with Gasteiger partial charge in [-0.25, -0.2) is 0 Å². The van der Waals surface area contributed by atoms with Crippen molar-refractivity contribution in [1.29, 1.82) is 5.41 Å². The second-order valence-corrected chi connectivity index (χ2v) is 5.87. The van der Waals surface area contributed by atoms with E-state index in [1.165, 1.54) is 31.4 Å². The second-order valence-electron chi connectivity index (χ2n) is 4.29. The Kier molecular flexibility index (Phi) is 3.37. The number of rotatable bonds is 3. The summed E-state index contributed by atoms with van der Waals surface area (Å²) >= 11 is 2.11. The van der Waals surface area contributed by atoms with Gasteiger partial charge < -0.3 is 4.90 Å². The lowest BCUT2D eigenvalue weighted by atomic mass is 10.2. The summed E-state index contributed by atoms with van der Waals surface area (Å²) in [5, 5.41) is 8.73. The van der Waals surface area contributed by atoms with E-state index in [0.717, 1.165) is 24.1 Å². The minimum atomic E-state index is 0.703. The number of nitrogens with one attached hydrogen (secondary N) is 1. The molecule has 2 aliphatic rings. The fourth-order valence-electron chi connectivity index (χ4n) is 2.69. The molecule has 1 N–H and O–H groups in total. The number of nitrogens with zero attached hydrogens (tertiary/aromatic N) is 1. The van der Waals surface area contributed by atoms with Crippen LogP contribution >= 0.6 is 11.8 Å². The molecule has 0 aromatic carbocycles. The predicted molar refractivity (Wildman–Crippen MR) is 63.2 cm³/mol. The Morgan fingerprint density at radius 3 is 3.00 bits per heavy atom. The third-order valence-corrected chi connectivity index (χ3v) is 4.59. The first-order valence-electron chi connectivity index (χ1n) is 5.77. The van der Waals surface area contributed by atoms with Gasteiger partial charge in [0, 0.05) is 24.3 Å². The zero-order valence-electron chi connectivity index (χ0n) is 8.96. The van der Waals surface area contributed by atoms with Gasteiger partial charge in [-0.15, -0.1) is 0 Å². The highest BCUT2D eigenvalue weighted by molar-refractivity contribution is 7.99. The van der Waals surface area contributed by atoms with Gasteiger partial charge in [-0.3, -0.25) is 5.41 Å². The van der Waals surface area contributed by atoms with Crippen molar-refractivity contribution in [3.63, 3.8) is 0 Å². The zero-order chi connectivity index (χ0) is 9.97. The lowest BCUT2D eigenvalue weighted by molar-refractivity contribution is 0.337. The van der Waals surface area contributed by atoms with Gasteiger partial charge in [-0.05, 0) is 31.4 Å². The van der Waals surface area contributed by atoms with Gasteiger partial charge >= 0.3 is 0 Å². The minimum absolute atomic E-state index is 0.703. The van der Waals surface area contributed by atoms with Crippen molar-refractivity contribution in [3.05, 3.63) is 0 Å². The smallest absolute Gasteiger partial charge is 0.0960 e. The maximum Gasteiger partial charge on any atom is 0.0960 e. The van der Waals surface area contributed by atoms with E-state index in [2.05, 4.69) is 23.6 Å². The highest BCUT2D eigenvalue weighted by Crippen LogP contribution is 2.34. The number of thioether (sulfide) groups is 1. The van der Waals surface area contributed by atoms with E-state index in [0.29, 0.717) is 6.04 Å². The molecule has 2 rings (SSSR count). The molecule has 2 fully saturated rings. The molecule has 0 radical (unpaired) electrons. The summed E-state index contributed by atoms with van der Waals surface area (Å²) in [7, 11) is 0. The summed E-state index contributed by atoms with van der Waals surface area (Å²) in [5.74, 6) is 2.15. The van der Waals surface area contributed by atoms with Crippen LogP contribution in [0.5, 0.6) is 0 Å². The molecule has 0 aromatic heterocycles. The number of likely N-dealkylation sites (tertiary alicyclic amines) is 1. The molecule has 0 amide bonds. The van der Waals surface area contributed by atoms with Crippen LogP contribution < -0.4 is 0 Å². The highest BCUT2D eigenvalue weighted by atomic mass is 32.2. The molecule has 80 valence electrons. The van der Waals surface area contributed by atoms with Crippen molar-refractivity contribution in [1.82, 2.24) is 4.90 Å². The van der Waals surface area contributed by atoms with Crippen molar-refractivity contribution in [2.24, 2.45) is 0 Å². The van der Waals surface area contributed by atoms with Gasteiger partial charge in [0.25, 0.3) is 0 Å². The first kappa shape index (κ1) is 10.3. The molecule has 3 heteroatoms. The summed E-state index contributed by atoms with van der Waals surface area (Å²) in [4.78, 5) is 2.36. The molecule has 2 unspecified atom stereocenters. The normalized spacial score (nSPS) is 32.9. The van der Waals surface area contributed by atoms with E-state index in [-0.39, 0.29) is 0 Å². The molecule has 2 atom stereocenters. The summed E-state index contributed by atoms with van der Waals surface area (Å²) < 4.78 is 0. The SMILES string of the molecule is CCSC1CCC(N2CCCC2=N)C1. The number of amidine groups is 1. The fraction of sp³-hybridized carbons (Fsp3) is 0.909. The summed E-state index contributed by atoms with van der Waals surface area (Å²) in [6.07, 6.45) is 6.23. The number of hydrogen-bond donors (Lipinski definition) is 1. The number of hydrogen-bond acceptors (Lipinski definition) is 2. The molecule has 0 bridgehead atoms. The van der Waals surface area contributed by atoms with Crippen LogP contribution in [-0.2, 0) is 0 Å². The molecule has 1 aliphatic heterocycles. The van der Waals surface area contributed by atoms with E-state index < -0.39 is 0 Å². The predicted octanol–water partition coefficient (Wildman–Crippen LogP) is 2.73. The van der Waals surface area contributed by atoms with Crippen molar-refractivity contribution >= 4 is 17.6 Å². The fourth-order valence-corrected chi connectivity index (χ4v) is 3.82. The maximum absolute atomic E-state index is 7.86. The van der Waals surface area contributed by atoms with Gasteiger partial charge in [0.2, 0.25) is 0 Å². The van der Waals surface area contributed by atoms with E-state index in [4.69, 9.17) is 5.41 Å². The van der Waals surface area contributed by atoms with Crippen LogP contribution in [-0.4, -0.2) is 34.3 Å². The Morgan fingerprint density at radius 2 is 2.36 bits per heavy atom. The van der Waals surface area contributed by atoms with E-state index in [9.17, 15) is 0 Å². The molecule has 1 heterocycles. The Morgan fingerprint density at radius 1 is 1.50 bits per heavy atom. The van der Waals surface area contributed by atoms with Gasteiger partial charge in [-0.2, -0.15) is 11.8 Å². The third kappa shape index (κ3) is 2.08. The van der Waals surface area contributed by atoms with E-state index in [1.54, 1.807) is 0 Å². The Labute approximate surface area is 90.9 Å². The van der Waals surface area contributed by atoms with Crippen LogP contribution in [0, 0.1) is 5.41 Å². The standard InChI is InChI=1S/C11H20N2S/c1-2-14-10-6-5-9(8-10)13-7-3-4-11(13)12/h9-10,12H,2-8H2,1H3. The highest BCUT2D eigenvalue weighted by Gasteiger charge is 2.32. The topological polar surface area (TPSA) is 27.1 Å². The van der Waals surface area contributed by atoms with Crippen LogP contribution in [0.25, 0.3) is 0 Å². The van der Waals surface area contributed by atoms with Crippen LogP contribution in [0.4, 0.5) is 0 Å². The lowest BCUT2D eigenvalue weighted by Gasteiger charge is -2.25. The summed E-state index contributed by atoms with van der Waals surface area (Å²) in [6.45, 7) is 3.39. The summed E-state index contributed by atoms with van der Waals surface area (Å²) in [5.41, 5.74) is 0. The molecule has 0 spiro atoms. The average Bonchev–Trinajstić information content (AvgIpc) is 2.74. The van der Waals surface area contributed by atoms with Crippen molar-refractivity contribution in [3.8, 4) is 0 Å². The molecule has 2 nitrogen and oxygen atoms in total. The third-order valence-electron chi connectivity index (χ3n) is 3.36. The monoisotopic (exact) mass is 212 g/mol. The van der Waals surface area contributed by atoms with Gasteiger partial charge in [0.15, 0.2) is 0 Å². The zero-order valence-corrected chi connectivity index (χ0v) is 9.78. The van der Waals surface area contributed by atoms with Crippen LogP contribution in [0.2, 0.25) is 0 Å². The molecular formula is C11H20N2S. The van der Waals surface area contributed by atoms with Crippen molar-refractivity contribution < 1.29 is 0 Å². The second kappa shape index (κ2) is 4.56. The first-order valence-corrected chi connectivity index (χ1v) is 6.81. The largest absolute Gasteiger partial charge is 0.358 e. The summed E-state index contributed by atoms with van der Waals surface area (Å²) in [6, 6.07) is 0.703. The van der Waals surface area contributed by atoms with Crippen LogP contribution in [0.15, 0.2) is 0 Å². The quantitative estimate of drug-likeness (QED) is 0.779. The molecule has 1 aliphatic carbocycles. The molecular weight excluding hydrogens is 192 g/mol. The molecule has 1 saturated carbocycles. The Bertz CT molecular complexity index is 217. The minimum Gasteiger partial charge on any atom is -0.358 e. The van der Waals surface area contributed by atoms with Gasteiger partial charge in [0.1, 0.15) is 0 Å².